The molecule has 0 fully saturated rings. The van der Waals surface area contributed by atoms with Crippen molar-refractivity contribution in [3.63, 3.8) is 0 Å². The molecule has 1 aromatic carbocycles. The number of aromatic hydroxyl groups is 2. The molecule has 0 aliphatic heterocycles. The third-order valence-electron chi connectivity index (χ3n) is 2.54. The highest BCUT2D eigenvalue weighted by atomic mass is 16.3. The lowest BCUT2D eigenvalue weighted by molar-refractivity contribution is 0.102. The summed E-state index contributed by atoms with van der Waals surface area (Å²) < 4.78 is 0. The van der Waals surface area contributed by atoms with E-state index in [9.17, 15) is 15.0 Å². The maximum Gasteiger partial charge on any atom is 0.260 e. The number of aliphatic hydroxyl groups excluding tert-OH is 1. The average molecular weight is 284 g/mol. The molecule has 21 heavy (non-hydrogen) atoms. The van der Waals surface area contributed by atoms with Gasteiger partial charge in [-0.1, -0.05) is 11.8 Å². The van der Waals surface area contributed by atoms with Gasteiger partial charge in [-0.05, 0) is 24.3 Å². The van der Waals surface area contributed by atoms with Crippen LogP contribution in [0.4, 0.5) is 5.82 Å². The molecule has 2 rings (SSSR count). The molecule has 0 atom stereocenters. The zero-order valence-electron chi connectivity index (χ0n) is 10.9. The van der Waals surface area contributed by atoms with Crippen molar-refractivity contribution in [2.75, 3.05) is 11.9 Å². The molecule has 0 bridgehead atoms. The normalized spacial score (nSPS) is 9.57. The molecule has 0 aliphatic carbocycles. The zero-order valence-corrected chi connectivity index (χ0v) is 10.9. The standard InChI is InChI=1S/C15H12N2O4/c18-7-1-2-10-5-6-16-14(8-10)17-15(21)12-4-3-11(19)9-13(12)20/h3-6,8-9,18-20H,7H2,(H,16,17,21). The van der Waals surface area contributed by atoms with Crippen molar-refractivity contribution in [2.45, 2.75) is 0 Å². The molecule has 1 amide bonds. The fraction of sp³-hybridized carbons (Fsp3) is 0.0667. The maximum absolute atomic E-state index is 12.0. The number of carbonyl (C=O) groups is 1. The number of pyridine rings is 1. The molecule has 6 nitrogen and oxygen atoms in total. The van der Waals surface area contributed by atoms with Gasteiger partial charge in [-0.15, -0.1) is 0 Å². The molecule has 0 spiro atoms. The van der Waals surface area contributed by atoms with Gasteiger partial charge < -0.3 is 20.6 Å². The Balaban J connectivity index is 2.19. The Morgan fingerprint density at radius 2 is 2.05 bits per heavy atom. The van der Waals surface area contributed by atoms with Gasteiger partial charge in [0.15, 0.2) is 0 Å². The van der Waals surface area contributed by atoms with Crippen LogP contribution in [0, 0.1) is 11.8 Å². The van der Waals surface area contributed by atoms with Crippen LogP contribution in [-0.2, 0) is 0 Å². The lowest BCUT2D eigenvalue weighted by Gasteiger charge is -2.06. The highest BCUT2D eigenvalue weighted by Crippen LogP contribution is 2.23. The van der Waals surface area contributed by atoms with Gasteiger partial charge >= 0.3 is 0 Å². The number of phenols is 2. The third kappa shape index (κ3) is 3.72. The molecule has 0 aliphatic rings. The second-order valence-electron chi connectivity index (χ2n) is 4.05. The highest BCUT2D eigenvalue weighted by Gasteiger charge is 2.12. The summed E-state index contributed by atoms with van der Waals surface area (Å²) in [7, 11) is 0. The van der Waals surface area contributed by atoms with E-state index in [2.05, 4.69) is 22.1 Å². The van der Waals surface area contributed by atoms with Gasteiger partial charge in [0.05, 0.1) is 5.56 Å². The summed E-state index contributed by atoms with van der Waals surface area (Å²) in [6.45, 7) is -0.259. The van der Waals surface area contributed by atoms with Crippen LogP contribution in [0.1, 0.15) is 15.9 Å². The van der Waals surface area contributed by atoms with Crippen molar-refractivity contribution in [3.8, 4) is 23.3 Å². The lowest BCUT2D eigenvalue weighted by Crippen LogP contribution is -2.13. The monoisotopic (exact) mass is 284 g/mol. The van der Waals surface area contributed by atoms with Crippen LogP contribution in [0.15, 0.2) is 36.5 Å². The third-order valence-corrected chi connectivity index (χ3v) is 2.54. The van der Waals surface area contributed by atoms with Gasteiger partial charge in [0.2, 0.25) is 0 Å². The number of anilines is 1. The summed E-state index contributed by atoms with van der Waals surface area (Å²) in [5, 5.41) is 30.0. The maximum atomic E-state index is 12.0. The summed E-state index contributed by atoms with van der Waals surface area (Å²) in [5.41, 5.74) is 0.603. The van der Waals surface area contributed by atoms with Crippen LogP contribution in [0.3, 0.4) is 0 Å². The molecule has 0 radical (unpaired) electrons. The predicted molar refractivity (Wildman–Crippen MR) is 75.9 cm³/mol. The molecular formula is C15H12N2O4. The number of phenolic OH excluding ortho intramolecular Hbond substituents is 2. The first kappa shape index (κ1) is 14.4. The van der Waals surface area contributed by atoms with Gasteiger partial charge in [0.1, 0.15) is 23.9 Å². The summed E-state index contributed by atoms with van der Waals surface area (Å²) >= 11 is 0. The number of nitrogens with one attached hydrogen (secondary N) is 1. The minimum absolute atomic E-state index is 0.0152. The van der Waals surface area contributed by atoms with Crippen molar-refractivity contribution in [2.24, 2.45) is 0 Å². The molecule has 4 N–H and O–H groups in total. The Bertz CT molecular complexity index is 732. The fourth-order valence-corrected chi connectivity index (χ4v) is 1.61. The second-order valence-corrected chi connectivity index (χ2v) is 4.05. The van der Waals surface area contributed by atoms with Crippen molar-refractivity contribution in [3.05, 3.63) is 47.7 Å². The average Bonchev–Trinajstić information content (AvgIpc) is 2.45. The molecular weight excluding hydrogens is 272 g/mol. The van der Waals surface area contributed by atoms with E-state index in [-0.39, 0.29) is 29.5 Å². The first-order chi connectivity index (χ1) is 10.1. The predicted octanol–water partition coefficient (Wildman–Crippen LogP) is 1.09. The molecule has 0 unspecified atom stereocenters. The lowest BCUT2D eigenvalue weighted by atomic mass is 10.1. The highest BCUT2D eigenvalue weighted by molar-refractivity contribution is 6.05. The van der Waals surface area contributed by atoms with Crippen LogP contribution in [-0.4, -0.2) is 32.8 Å². The van der Waals surface area contributed by atoms with Crippen LogP contribution < -0.4 is 5.32 Å². The topological polar surface area (TPSA) is 103 Å². The van der Waals surface area contributed by atoms with E-state index in [0.29, 0.717) is 5.56 Å². The van der Waals surface area contributed by atoms with Crippen LogP contribution >= 0.6 is 0 Å². The SMILES string of the molecule is O=C(Nc1cc(C#CCO)ccn1)c1ccc(O)cc1O. The van der Waals surface area contributed by atoms with E-state index >= 15 is 0 Å². The molecule has 2 aromatic rings. The van der Waals surface area contributed by atoms with E-state index in [1.54, 1.807) is 6.07 Å². The Hall–Kier alpha value is -3.04. The smallest absolute Gasteiger partial charge is 0.260 e. The number of aromatic nitrogens is 1. The number of nitrogens with zero attached hydrogens (tertiary/aromatic N) is 1. The van der Waals surface area contributed by atoms with Gasteiger partial charge in [0.25, 0.3) is 5.91 Å². The summed E-state index contributed by atoms with van der Waals surface area (Å²) in [5.74, 6) is 4.42. The number of hydrogen-bond acceptors (Lipinski definition) is 5. The molecule has 6 heteroatoms. The Kier molecular flexibility index (Phi) is 4.39. The number of carbonyl (C=O) groups excluding carboxylic acids is 1. The van der Waals surface area contributed by atoms with Gasteiger partial charge in [-0.3, -0.25) is 4.79 Å². The summed E-state index contributed by atoms with van der Waals surface area (Å²) in [4.78, 5) is 16.0. The number of hydrogen-bond donors (Lipinski definition) is 4. The second kappa shape index (κ2) is 6.41. The van der Waals surface area contributed by atoms with Crippen LogP contribution in [0.25, 0.3) is 0 Å². The molecule has 1 aromatic heterocycles. The number of benzene rings is 1. The first-order valence-electron chi connectivity index (χ1n) is 5.99. The molecule has 0 saturated heterocycles. The van der Waals surface area contributed by atoms with Gasteiger partial charge in [0, 0.05) is 17.8 Å². The fourth-order valence-electron chi connectivity index (χ4n) is 1.61. The minimum atomic E-state index is -0.563. The Morgan fingerprint density at radius 1 is 1.24 bits per heavy atom. The largest absolute Gasteiger partial charge is 0.508 e. The van der Waals surface area contributed by atoms with Gasteiger partial charge in [-0.2, -0.15) is 0 Å². The van der Waals surface area contributed by atoms with Crippen molar-refractivity contribution in [1.82, 2.24) is 4.98 Å². The van der Waals surface area contributed by atoms with E-state index < -0.39 is 5.91 Å². The van der Waals surface area contributed by atoms with Crippen molar-refractivity contribution in [1.29, 1.82) is 0 Å². The molecule has 0 saturated carbocycles. The van der Waals surface area contributed by atoms with Crippen LogP contribution in [0.2, 0.25) is 0 Å². The number of rotatable bonds is 2. The zero-order chi connectivity index (χ0) is 15.2. The molecule has 106 valence electrons. The quantitative estimate of drug-likeness (QED) is 0.618. The van der Waals surface area contributed by atoms with E-state index in [1.165, 1.54) is 24.4 Å². The van der Waals surface area contributed by atoms with Crippen LogP contribution in [0.5, 0.6) is 11.5 Å². The van der Waals surface area contributed by atoms with Crippen molar-refractivity contribution >= 4 is 11.7 Å². The summed E-state index contributed by atoms with van der Waals surface area (Å²) in [6, 6.07) is 6.85. The summed E-state index contributed by atoms with van der Waals surface area (Å²) in [6.07, 6.45) is 1.47. The van der Waals surface area contributed by atoms with Crippen molar-refractivity contribution < 1.29 is 20.1 Å². The van der Waals surface area contributed by atoms with Gasteiger partial charge in [-0.25, -0.2) is 4.98 Å². The molecule has 1 heterocycles. The first-order valence-corrected chi connectivity index (χ1v) is 5.99. The Morgan fingerprint density at radius 3 is 2.76 bits per heavy atom. The Labute approximate surface area is 120 Å². The van der Waals surface area contributed by atoms with E-state index in [0.717, 1.165) is 6.07 Å². The number of amides is 1. The van der Waals surface area contributed by atoms with E-state index in [4.69, 9.17) is 5.11 Å². The van der Waals surface area contributed by atoms with E-state index in [1.807, 2.05) is 0 Å². The number of aliphatic hydroxyl groups is 1. The minimum Gasteiger partial charge on any atom is -0.508 e.